The van der Waals surface area contributed by atoms with E-state index in [2.05, 4.69) is 5.32 Å². The first-order valence-corrected chi connectivity index (χ1v) is 6.44. The van der Waals surface area contributed by atoms with Gasteiger partial charge in [0.25, 0.3) is 0 Å². The Hall–Kier alpha value is -1.22. The predicted octanol–water partition coefficient (Wildman–Crippen LogP) is 3.82. The maximum Gasteiger partial charge on any atom is 0.136 e. The van der Waals surface area contributed by atoms with Crippen molar-refractivity contribution in [1.29, 1.82) is 0 Å². The fourth-order valence-corrected chi connectivity index (χ4v) is 1.98. The van der Waals surface area contributed by atoms with Crippen LogP contribution in [0.3, 0.4) is 0 Å². The Morgan fingerprint density at radius 3 is 2.78 bits per heavy atom. The number of rotatable bonds is 5. The highest BCUT2D eigenvalue weighted by Crippen LogP contribution is 2.24. The number of hydrogen-bond donors (Lipinski definition) is 1. The van der Waals surface area contributed by atoms with Crippen molar-refractivity contribution in [2.24, 2.45) is 0 Å². The smallest absolute Gasteiger partial charge is 0.136 e. The third-order valence-corrected chi connectivity index (χ3v) is 3.28. The molecule has 0 bridgehead atoms. The average molecular weight is 251 g/mol. The number of nitrogens with one attached hydrogen (secondary N) is 1. The van der Waals surface area contributed by atoms with E-state index < -0.39 is 11.6 Å². The molecule has 2 rings (SSSR count). The minimum atomic E-state index is -0.484. The molecule has 0 aliphatic heterocycles. The van der Waals surface area contributed by atoms with Gasteiger partial charge in [0.1, 0.15) is 11.6 Å². The number of benzene rings is 1. The van der Waals surface area contributed by atoms with Crippen molar-refractivity contribution < 1.29 is 8.78 Å². The molecule has 1 nitrogen and oxygen atoms in total. The van der Waals surface area contributed by atoms with Crippen LogP contribution < -0.4 is 5.32 Å². The van der Waals surface area contributed by atoms with Gasteiger partial charge in [0.15, 0.2) is 0 Å². The van der Waals surface area contributed by atoms with Crippen LogP contribution in [0.5, 0.6) is 0 Å². The molecule has 0 spiro atoms. The van der Waals surface area contributed by atoms with Gasteiger partial charge in [-0.15, -0.1) is 0 Å². The largest absolute Gasteiger partial charge is 0.314 e. The van der Waals surface area contributed by atoms with E-state index in [0.29, 0.717) is 17.2 Å². The molecular formula is C15H19F2N. The monoisotopic (exact) mass is 251 g/mol. The van der Waals surface area contributed by atoms with Crippen molar-refractivity contribution >= 4 is 5.57 Å². The molecule has 0 atom stereocenters. The molecule has 1 aromatic carbocycles. The molecule has 0 radical (unpaired) electrons. The number of aryl methyl sites for hydroxylation is 1. The van der Waals surface area contributed by atoms with Crippen LogP contribution in [-0.4, -0.2) is 12.6 Å². The SMILES string of the molecule is C/C(=C/CCNC1CC1)c1c(F)ccc(C)c1F. The molecular weight excluding hydrogens is 232 g/mol. The van der Waals surface area contributed by atoms with Crippen LogP contribution in [0.25, 0.3) is 5.57 Å². The van der Waals surface area contributed by atoms with E-state index >= 15 is 0 Å². The summed E-state index contributed by atoms with van der Waals surface area (Å²) in [5.74, 6) is -0.930. The first kappa shape index (κ1) is 13.2. The van der Waals surface area contributed by atoms with Crippen LogP contribution >= 0.6 is 0 Å². The van der Waals surface area contributed by atoms with Gasteiger partial charge >= 0.3 is 0 Å². The molecule has 0 saturated heterocycles. The number of allylic oxidation sites excluding steroid dienone is 1. The van der Waals surface area contributed by atoms with Crippen molar-refractivity contribution in [2.75, 3.05) is 6.54 Å². The van der Waals surface area contributed by atoms with E-state index in [-0.39, 0.29) is 5.56 Å². The van der Waals surface area contributed by atoms with Gasteiger partial charge in [-0.25, -0.2) is 8.78 Å². The normalized spacial score (nSPS) is 16.1. The minimum Gasteiger partial charge on any atom is -0.314 e. The first-order chi connectivity index (χ1) is 8.59. The number of hydrogen-bond acceptors (Lipinski definition) is 1. The highest BCUT2D eigenvalue weighted by molar-refractivity contribution is 5.65. The second-order valence-corrected chi connectivity index (χ2v) is 4.96. The lowest BCUT2D eigenvalue weighted by Gasteiger charge is -2.08. The molecule has 0 heterocycles. The van der Waals surface area contributed by atoms with Gasteiger partial charge in [-0.2, -0.15) is 0 Å². The summed E-state index contributed by atoms with van der Waals surface area (Å²) in [6, 6.07) is 3.47. The summed E-state index contributed by atoms with van der Waals surface area (Å²) < 4.78 is 27.5. The zero-order valence-electron chi connectivity index (χ0n) is 10.9. The van der Waals surface area contributed by atoms with Crippen LogP contribution in [0, 0.1) is 18.6 Å². The van der Waals surface area contributed by atoms with Gasteiger partial charge in [-0.1, -0.05) is 12.1 Å². The van der Waals surface area contributed by atoms with Gasteiger partial charge in [0.2, 0.25) is 0 Å². The van der Waals surface area contributed by atoms with E-state index in [1.165, 1.54) is 25.0 Å². The zero-order valence-corrected chi connectivity index (χ0v) is 10.9. The maximum absolute atomic E-state index is 13.9. The zero-order chi connectivity index (χ0) is 13.1. The topological polar surface area (TPSA) is 12.0 Å². The summed E-state index contributed by atoms with van der Waals surface area (Å²) in [5.41, 5.74) is 1.27. The minimum absolute atomic E-state index is 0.112. The molecule has 0 unspecified atom stereocenters. The van der Waals surface area contributed by atoms with E-state index in [1.54, 1.807) is 13.8 Å². The lowest BCUT2D eigenvalue weighted by molar-refractivity contribution is 0.571. The van der Waals surface area contributed by atoms with E-state index in [9.17, 15) is 8.78 Å². The van der Waals surface area contributed by atoms with Crippen LogP contribution in [0.1, 0.15) is 37.3 Å². The van der Waals surface area contributed by atoms with Gasteiger partial charge in [-0.3, -0.25) is 0 Å². The van der Waals surface area contributed by atoms with Crippen LogP contribution in [0.2, 0.25) is 0 Å². The summed E-state index contributed by atoms with van der Waals surface area (Å²) in [5, 5.41) is 3.37. The highest BCUT2D eigenvalue weighted by Gasteiger charge is 2.19. The Balaban J connectivity index is 2.04. The molecule has 1 N–H and O–H groups in total. The second kappa shape index (κ2) is 5.61. The van der Waals surface area contributed by atoms with Crippen LogP contribution in [0.15, 0.2) is 18.2 Å². The fourth-order valence-electron chi connectivity index (χ4n) is 1.98. The maximum atomic E-state index is 13.9. The third-order valence-electron chi connectivity index (χ3n) is 3.28. The van der Waals surface area contributed by atoms with Crippen molar-refractivity contribution in [3.8, 4) is 0 Å². The quantitative estimate of drug-likeness (QED) is 0.784. The van der Waals surface area contributed by atoms with Gasteiger partial charge in [0.05, 0.1) is 0 Å². The van der Waals surface area contributed by atoms with Crippen LogP contribution in [0.4, 0.5) is 8.78 Å². The molecule has 3 heteroatoms. The average Bonchev–Trinajstić information content (AvgIpc) is 3.14. The van der Waals surface area contributed by atoms with Gasteiger partial charge < -0.3 is 5.32 Å². The van der Waals surface area contributed by atoms with Crippen LogP contribution in [-0.2, 0) is 0 Å². The van der Waals surface area contributed by atoms with Crippen molar-refractivity contribution in [1.82, 2.24) is 5.32 Å². The predicted molar refractivity (Wildman–Crippen MR) is 70.4 cm³/mol. The fraction of sp³-hybridized carbons (Fsp3) is 0.467. The molecule has 98 valence electrons. The Labute approximate surface area is 107 Å². The molecule has 1 aromatic rings. The Kier molecular flexibility index (Phi) is 4.12. The van der Waals surface area contributed by atoms with E-state index in [0.717, 1.165) is 13.0 Å². The molecule has 1 fully saturated rings. The summed E-state index contributed by atoms with van der Waals surface area (Å²) in [4.78, 5) is 0. The lowest BCUT2D eigenvalue weighted by Crippen LogP contribution is -2.16. The molecule has 1 saturated carbocycles. The molecule has 0 amide bonds. The molecule has 1 aliphatic carbocycles. The lowest BCUT2D eigenvalue weighted by atomic mass is 10.0. The summed E-state index contributed by atoms with van der Waals surface area (Å²) in [7, 11) is 0. The van der Waals surface area contributed by atoms with Crippen molar-refractivity contribution in [2.45, 2.75) is 39.2 Å². The second-order valence-electron chi connectivity index (χ2n) is 4.96. The highest BCUT2D eigenvalue weighted by atomic mass is 19.1. The Morgan fingerprint density at radius 1 is 1.39 bits per heavy atom. The number of halogens is 2. The van der Waals surface area contributed by atoms with Crippen molar-refractivity contribution in [3.63, 3.8) is 0 Å². The standard InChI is InChI=1S/C15H19F2N/c1-10(4-3-9-18-12-6-7-12)14-13(16)8-5-11(2)15(14)17/h4-5,8,12,18H,3,6-7,9H2,1-2H3/b10-4-. The van der Waals surface area contributed by atoms with E-state index in [4.69, 9.17) is 0 Å². The Bertz CT molecular complexity index is 462. The third kappa shape index (κ3) is 3.16. The first-order valence-electron chi connectivity index (χ1n) is 6.44. The molecule has 18 heavy (non-hydrogen) atoms. The van der Waals surface area contributed by atoms with Gasteiger partial charge in [-0.05, 0) is 56.9 Å². The van der Waals surface area contributed by atoms with Gasteiger partial charge in [0, 0.05) is 11.6 Å². The Morgan fingerprint density at radius 2 is 2.11 bits per heavy atom. The summed E-state index contributed by atoms with van der Waals surface area (Å²) >= 11 is 0. The van der Waals surface area contributed by atoms with Crippen molar-refractivity contribution in [3.05, 3.63) is 41.0 Å². The summed E-state index contributed by atoms with van der Waals surface area (Å²) in [6.45, 7) is 4.29. The molecule has 1 aliphatic rings. The molecule has 0 aromatic heterocycles. The van der Waals surface area contributed by atoms with E-state index in [1.807, 2.05) is 6.08 Å². The summed E-state index contributed by atoms with van der Waals surface area (Å²) in [6.07, 6.45) is 5.21.